The van der Waals surface area contributed by atoms with Gasteiger partial charge in [0.2, 0.25) is 0 Å². The predicted octanol–water partition coefficient (Wildman–Crippen LogP) is 0.254. The Labute approximate surface area is 199 Å². The van der Waals surface area contributed by atoms with Gasteiger partial charge in [-0.2, -0.15) is 0 Å². The molecule has 0 saturated carbocycles. The number of hydrogen-bond donors (Lipinski definition) is 0. The molecule has 0 bridgehead atoms. The van der Waals surface area contributed by atoms with Crippen LogP contribution >= 0.6 is 0 Å². The molecule has 2 amide bonds. The van der Waals surface area contributed by atoms with Gasteiger partial charge < -0.3 is 28.7 Å². The quantitative estimate of drug-likeness (QED) is 0.214. The first-order valence-corrected chi connectivity index (χ1v) is 10.5. The van der Waals surface area contributed by atoms with Crippen LogP contribution in [0.5, 0.6) is 0 Å². The summed E-state index contributed by atoms with van der Waals surface area (Å²) in [5.74, 6) is -3.36. The highest BCUT2D eigenvalue weighted by molar-refractivity contribution is 5.93. The summed E-state index contributed by atoms with van der Waals surface area (Å²) in [6.07, 6.45) is 3.71. The summed E-state index contributed by atoms with van der Waals surface area (Å²) in [6.45, 7) is 8.92. The van der Waals surface area contributed by atoms with Gasteiger partial charge in [-0.3, -0.25) is 9.59 Å². The van der Waals surface area contributed by atoms with Crippen molar-refractivity contribution < 1.29 is 47.7 Å². The number of amides is 2. The highest BCUT2D eigenvalue weighted by atomic mass is 16.5. The maximum Gasteiger partial charge on any atom is 0.331 e. The van der Waals surface area contributed by atoms with E-state index in [2.05, 4.69) is 18.9 Å². The third-order valence-electron chi connectivity index (χ3n) is 4.02. The molecule has 0 aromatic heterocycles. The molecular weight excluding hydrogens is 452 g/mol. The average Bonchev–Trinajstić information content (AvgIpc) is 2.84. The van der Waals surface area contributed by atoms with Gasteiger partial charge in [0.25, 0.3) is 11.8 Å². The van der Waals surface area contributed by atoms with Crippen LogP contribution in [0.4, 0.5) is 0 Å². The molecule has 0 aromatic carbocycles. The first-order chi connectivity index (χ1) is 16.1. The van der Waals surface area contributed by atoms with Crippen LogP contribution in [0.1, 0.15) is 27.7 Å². The third-order valence-corrected chi connectivity index (χ3v) is 4.02. The second-order valence-corrected chi connectivity index (χ2v) is 6.06. The van der Waals surface area contributed by atoms with Gasteiger partial charge in [-0.15, -0.1) is 0 Å². The van der Waals surface area contributed by atoms with Crippen molar-refractivity contribution in [2.75, 3.05) is 53.6 Å². The molecule has 12 nitrogen and oxygen atoms in total. The van der Waals surface area contributed by atoms with Gasteiger partial charge in [0.15, 0.2) is 13.2 Å². The Balaban J connectivity index is 0. The number of likely N-dealkylation sites (N-methyl/N-ethyl adjacent to an activating group) is 2. The fourth-order valence-electron chi connectivity index (χ4n) is 2.11. The van der Waals surface area contributed by atoms with E-state index >= 15 is 0 Å². The lowest BCUT2D eigenvalue weighted by molar-refractivity contribution is -0.148. The van der Waals surface area contributed by atoms with Gasteiger partial charge in [0, 0.05) is 50.5 Å². The molecule has 0 aliphatic heterocycles. The molecule has 0 heterocycles. The first-order valence-electron chi connectivity index (χ1n) is 10.5. The summed E-state index contributed by atoms with van der Waals surface area (Å²) in [6, 6.07) is 0. The molecule has 0 fully saturated rings. The number of rotatable bonds is 12. The predicted molar refractivity (Wildman–Crippen MR) is 120 cm³/mol. The number of esters is 4. The molecule has 0 unspecified atom stereocenters. The number of ether oxygens (including phenoxy) is 4. The molecule has 0 radical (unpaired) electrons. The number of hydrogen-bond acceptors (Lipinski definition) is 10. The smallest absolute Gasteiger partial charge is 0.331 e. The molecule has 0 aromatic rings. The fourth-order valence-corrected chi connectivity index (χ4v) is 2.11. The van der Waals surface area contributed by atoms with Crippen molar-refractivity contribution >= 4 is 35.7 Å². The van der Waals surface area contributed by atoms with Crippen LogP contribution < -0.4 is 0 Å². The lowest BCUT2D eigenvalue weighted by atomic mass is 10.4. The van der Waals surface area contributed by atoms with Crippen molar-refractivity contribution in [2.45, 2.75) is 27.7 Å². The molecule has 0 N–H and O–H groups in total. The maximum absolute atomic E-state index is 11.4. The Hall–Kier alpha value is -3.70. The van der Waals surface area contributed by atoms with Crippen LogP contribution in [0, 0.1) is 0 Å². The Morgan fingerprint density at radius 2 is 0.794 bits per heavy atom. The zero-order valence-electron chi connectivity index (χ0n) is 20.5. The molecule has 0 aliphatic carbocycles. The largest absolute Gasteiger partial charge is 0.466 e. The highest BCUT2D eigenvalue weighted by Gasteiger charge is 2.12. The van der Waals surface area contributed by atoms with E-state index in [4.69, 9.17) is 0 Å². The summed E-state index contributed by atoms with van der Waals surface area (Å²) in [5, 5.41) is 0. The van der Waals surface area contributed by atoms with Crippen LogP contribution in [0.2, 0.25) is 0 Å². The van der Waals surface area contributed by atoms with Crippen LogP contribution in [-0.4, -0.2) is 99.1 Å². The second kappa shape index (κ2) is 19.9. The highest BCUT2D eigenvalue weighted by Crippen LogP contribution is 1.93. The van der Waals surface area contributed by atoms with E-state index in [1.165, 1.54) is 24.0 Å². The van der Waals surface area contributed by atoms with Crippen molar-refractivity contribution in [3.05, 3.63) is 24.3 Å². The minimum absolute atomic E-state index is 0.269. The van der Waals surface area contributed by atoms with Gasteiger partial charge in [0.05, 0.1) is 14.2 Å². The SMILES string of the molecule is CCN(CC)C(=O)COC(=O)/C=C/C(=O)OC.CCN(CC)C(=O)COC(=O)/C=C/C(=O)OC. The molecule has 0 aliphatic rings. The van der Waals surface area contributed by atoms with E-state index in [9.17, 15) is 28.8 Å². The molecule has 12 heteroatoms. The number of carbonyl (C=O) groups excluding carboxylic acids is 6. The van der Waals surface area contributed by atoms with Crippen molar-refractivity contribution in [1.82, 2.24) is 9.80 Å². The lowest BCUT2D eigenvalue weighted by Gasteiger charge is -2.17. The van der Waals surface area contributed by atoms with Gasteiger partial charge in [-0.25, -0.2) is 19.2 Å². The van der Waals surface area contributed by atoms with Gasteiger partial charge in [-0.1, -0.05) is 0 Å². The van der Waals surface area contributed by atoms with E-state index < -0.39 is 23.9 Å². The van der Waals surface area contributed by atoms with Crippen LogP contribution in [-0.2, 0) is 47.7 Å². The molecule has 34 heavy (non-hydrogen) atoms. The summed E-state index contributed by atoms with van der Waals surface area (Å²) in [5.41, 5.74) is 0. The second-order valence-electron chi connectivity index (χ2n) is 6.06. The van der Waals surface area contributed by atoms with E-state index in [1.807, 2.05) is 27.7 Å². The van der Waals surface area contributed by atoms with Crippen molar-refractivity contribution in [2.24, 2.45) is 0 Å². The summed E-state index contributed by atoms with van der Waals surface area (Å²) in [4.78, 5) is 69.4. The van der Waals surface area contributed by atoms with Gasteiger partial charge >= 0.3 is 23.9 Å². The number of methoxy groups -OCH3 is 2. The van der Waals surface area contributed by atoms with Crippen LogP contribution in [0.15, 0.2) is 24.3 Å². The maximum atomic E-state index is 11.4. The van der Waals surface area contributed by atoms with E-state index in [-0.39, 0.29) is 25.0 Å². The topological polar surface area (TPSA) is 146 Å². The van der Waals surface area contributed by atoms with Crippen molar-refractivity contribution in [3.8, 4) is 0 Å². The van der Waals surface area contributed by atoms with Crippen LogP contribution in [0.3, 0.4) is 0 Å². The standard InChI is InChI=1S/2C11H17NO5/c2*1-4-12(5-2)9(13)8-17-11(15)7-6-10(14)16-3/h2*6-7H,4-5,8H2,1-3H3/b2*7-6+. The number of nitrogens with zero attached hydrogens (tertiary/aromatic N) is 2. The average molecular weight is 487 g/mol. The lowest BCUT2D eigenvalue weighted by Crippen LogP contribution is -2.34. The molecule has 0 saturated heterocycles. The third kappa shape index (κ3) is 16.0. The Morgan fingerprint density at radius 3 is 1.03 bits per heavy atom. The Morgan fingerprint density at radius 1 is 0.529 bits per heavy atom. The molecule has 0 rings (SSSR count). The molecular formula is C22H34N2O10. The number of carbonyl (C=O) groups is 6. The van der Waals surface area contributed by atoms with E-state index in [0.717, 1.165) is 24.3 Å². The fraction of sp³-hybridized carbons (Fsp3) is 0.545. The van der Waals surface area contributed by atoms with Gasteiger partial charge in [0.1, 0.15) is 0 Å². The zero-order valence-corrected chi connectivity index (χ0v) is 20.5. The van der Waals surface area contributed by atoms with Crippen molar-refractivity contribution in [3.63, 3.8) is 0 Å². The van der Waals surface area contributed by atoms with Crippen molar-refractivity contribution in [1.29, 1.82) is 0 Å². The molecule has 0 spiro atoms. The summed E-state index contributed by atoms with van der Waals surface area (Å²) in [7, 11) is 2.39. The van der Waals surface area contributed by atoms with Gasteiger partial charge in [-0.05, 0) is 27.7 Å². The van der Waals surface area contributed by atoms with E-state index in [0.29, 0.717) is 26.2 Å². The Kier molecular flexibility index (Phi) is 19.1. The van der Waals surface area contributed by atoms with E-state index in [1.54, 1.807) is 0 Å². The summed E-state index contributed by atoms with van der Waals surface area (Å²) < 4.78 is 17.9. The zero-order chi connectivity index (χ0) is 26.5. The minimum atomic E-state index is -0.754. The normalized spacial score (nSPS) is 10.1. The minimum Gasteiger partial charge on any atom is -0.466 e. The first kappa shape index (κ1) is 32.5. The monoisotopic (exact) mass is 486 g/mol. The molecule has 192 valence electrons. The summed E-state index contributed by atoms with van der Waals surface area (Å²) >= 11 is 0. The van der Waals surface area contributed by atoms with Crippen LogP contribution in [0.25, 0.3) is 0 Å². The molecule has 0 atom stereocenters. The Bertz CT molecular complexity index is 676.